The summed E-state index contributed by atoms with van der Waals surface area (Å²) in [7, 11) is 0. The van der Waals surface area contributed by atoms with Gasteiger partial charge in [-0.25, -0.2) is 0 Å². The number of hydrogen-bond donors (Lipinski definition) is 2. The molecule has 1 amide bonds. The van der Waals surface area contributed by atoms with E-state index in [2.05, 4.69) is 5.32 Å². The number of carboxylic acid groups (broad SMARTS) is 1. The van der Waals surface area contributed by atoms with E-state index in [1.807, 2.05) is 31.2 Å². The Morgan fingerprint density at radius 2 is 2.06 bits per heavy atom. The molecule has 0 unspecified atom stereocenters. The normalized spacial score (nSPS) is 9.83. The molecule has 1 rings (SSSR count). The van der Waals surface area contributed by atoms with Gasteiger partial charge < -0.3 is 15.2 Å². The van der Waals surface area contributed by atoms with E-state index in [1.165, 1.54) is 0 Å². The fraction of sp³-hybridized carbons (Fsp3) is 0.385. The molecule has 2 N–H and O–H groups in total. The van der Waals surface area contributed by atoms with Crippen molar-refractivity contribution in [3.63, 3.8) is 0 Å². The van der Waals surface area contributed by atoms with E-state index in [4.69, 9.17) is 9.84 Å². The molecule has 98 valence electrons. The van der Waals surface area contributed by atoms with Crippen molar-refractivity contribution in [2.75, 3.05) is 13.2 Å². The number of aliphatic carboxylic acids is 1. The van der Waals surface area contributed by atoms with Crippen molar-refractivity contribution < 1.29 is 19.4 Å². The van der Waals surface area contributed by atoms with Gasteiger partial charge in [0.2, 0.25) is 0 Å². The highest BCUT2D eigenvalue weighted by Gasteiger charge is 2.05. The molecule has 0 aromatic heterocycles. The molecule has 0 aliphatic carbocycles. The lowest BCUT2D eigenvalue weighted by Crippen LogP contribution is -2.30. The van der Waals surface area contributed by atoms with Crippen molar-refractivity contribution in [2.45, 2.75) is 19.8 Å². The second-order valence-corrected chi connectivity index (χ2v) is 3.74. The maximum absolute atomic E-state index is 11.4. The van der Waals surface area contributed by atoms with E-state index in [0.717, 1.165) is 12.0 Å². The monoisotopic (exact) mass is 251 g/mol. The molecule has 0 atom stereocenters. The Kier molecular flexibility index (Phi) is 5.70. The molecule has 5 heteroatoms. The Hall–Kier alpha value is -2.04. The molecule has 0 radical (unpaired) electrons. The van der Waals surface area contributed by atoms with E-state index >= 15 is 0 Å². The lowest BCUT2D eigenvalue weighted by atomic mass is 10.1. The molecule has 1 aromatic rings. The van der Waals surface area contributed by atoms with E-state index in [0.29, 0.717) is 5.75 Å². The Bertz CT molecular complexity index is 417. The first kappa shape index (κ1) is 14.0. The van der Waals surface area contributed by atoms with Gasteiger partial charge in [0.15, 0.2) is 6.61 Å². The Balaban J connectivity index is 2.35. The van der Waals surface area contributed by atoms with Gasteiger partial charge in [0.25, 0.3) is 5.91 Å². The molecule has 1 aromatic carbocycles. The summed E-state index contributed by atoms with van der Waals surface area (Å²) in [5, 5.41) is 10.9. The predicted octanol–water partition coefficient (Wildman–Crippen LogP) is 1.22. The third-order valence-electron chi connectivity index (χ3n) is 2.37. The fourth-order valence-electron chi connectivity index (χ4n) is 1.44. The van der Waals surface area contributed by atoms with Crippen LogP contribution in [0.5, 0.6) is 5.75 Å². The van der Waals surface area contributed by atoms with Crippen LogP contribution in [0.1, 0.15) is 18.9 Å². The molecule has 0 bridgehead atoms. The highest BCUT2D eigenvalue weighted by atomic mass is 16.5. The summed E-state index contributed by atoms with van der Waals surface area (Å²) in [5.41, 5.74) is 1.04. The topological polar surface area (TPSA) is 75.6 Å². The van der Waals surface area contributed by atoms with Gasteiger partial charge in [-0.2, -0.15) is 0 Å². The molecule has 0 spiro atoms. The number of carboxylic acids is 1. The number of benzene rings is 1. The van der Waals surface area contributed by atoms with E-state index in [1.54, 1.807) is 0 Å². The average Bonchev–Trinajstić information content (AvgIpc) is 2.36. The van der Waals surface area contributed by atoms with E-state index in [9.17, 15) is 9.59 Å². The zero-order valence-electron chi connectivity index (χ0n) is 10.3. The average molecular weight is 251 g/mol. The largest absolute Gasteiger partial charge is 0.483 e. The van der Waals surface area contributed by atoms with Crippen LogP contribution in [0.25, 0.3) is 0 Å². The molecule has 0 heterocycles. The van der Waals surface area contributed by atoms with E-state index < -0.39 is 5.97 Å². The minimum atomic E-state index is -0.937. The number of rotatable bonds is 7. The standard InChI is InChI=1S/C13H17NO4/c1-2-10-5-3-4-6-11(10)18-9-12(15)14-8-7-13(16)17/h3-6H,2,7-9H2,1H3,(H,14,15)(H,16,17). The van der Waals surface area contributed by atoms with Crippen molar-refractivity contribution in [3.8, 4) is 5.75 Å². The second-order valence-electron chi connectivity index (χ2n) is 3.74. The summed E-state index contributed by atoms with van der Waals surface area (Å²) in [5.74, 6) is -0.567. The van der Waals surface area contributed by atoms with Crippen molar-refractivity contribution in [1.29, 1.82) is 0 Å². The van der Waals surface area contributed by atoms with Crippen LogP contribution in [-0.2, 0) is 16.0 Å². The quantitative estimate of drug-likeness (QED) is 0.764. The van der Waals surface area contributed by atoms with Crippen LogP contribution in [0.4, 0.5) is 0 Å². The van der Waals surface area contributed by atoms with Gasteiger partial charge in [0, 0.05) is 6.54 Å². The Labute approximate surface area is 106 Å². The molecular formula is C13H17NO4. The second kappa shape index (κ2) is 7.32. The van der Waals surface area contributed by atoms with Gasteiger partial charge in [-0.3, -0.25) is 9.59 Å². The van der Waals surface area contributed by atoms with Crippen molar-refractivity contribution in [3.05, 3.63) is 29.8 Å². The van der Waals surface area contributed by atoms with Gasteiger partial charge in [-0.1, -0.05) is 25.1 Å². The SMILES string of the molecule is CCc1ccccc1OCC(=O)NCCC(=O)O. The fourth-order valence-corrected chi connectivity index (χ4v) is 1.44. The van der Waals surface area contributed by atoms with Crippen LogP contribution in [-0.4, -0.2) is 30.1 Å². The molecule has 0 saturated heterocycles. The highest BCUT2D eigenvalue weighted by molar-refractivity contribution is 5.78. The third kappa shape index (κ3) is 4.86. The summed E-state index contributed by atoms with van der Waals surface area (Å²) in [6.07, 6.45) is 0.744. The van der Waals surface area contributed by atoms with Gasteiger partial charge in [-0.15, -0.1) is 0 Å². The Morgan fingerprint density at radius 3 is 2.72 bits per heavy atom. The number of amides is 1. The van der Waals surface area contributed by atoms with Crippen LogP contribution in [0.2, 0.25) is 0 Å². The number of aryl methyl sites for hydroxylation is 1. The van der Waals surface area contributed by atoms with Gasteiger partial charge in [0.1, 0.15) is 5.75 Å². The summed E-state index contributed by atoms with van der Waals surface area (Å²) in [4.78, 5) is 21.6. The zero-order valence-corrected chi connectivity index (χ0v) is 10.3. The predicted molar refractivity (Wildman–Crippen MR) is 66.6 cm³/mol. The summed E-state index contributed by atoms with van der Waals surface area (Å²) in [6, 6.07) is 7.51. The first-order chi connectivity index (χ1) is 8.63. The minimum Gasteiger partial charge on any atom is -0.483 e. The summed E-state index contributed by atoms with van der Waals surface area (Å²) in [6.45, 7) is 2.03. The van der Waals surface area contributed by atoms with Gasteiger partial charge >= 0.3 is 5.97 Å². The zero-order chi connectivity index (χ0) is 13.4. The van der Waals surface area contributed by atoms with Crippen LogP contribution in [0.15, 0.2) is 24.3 Å². The van der Waals surface area contributed by atoms with Gasteiger partial charge in [-0.05, 0) is 18.1 Å². The van der Waals surface area contributed by atoms with Crippen LogP contribution >= 0.6 is 0 Å². The molecule has 0 saturated carbocycles. The summed E-state index contributed by atoms with van der Waals surface area (Å²) < 4.78 is 5.39. The first-order valence-electron chi connectivity index (χ1n) is 5.82. The first-order valence-corrected chi connectivity index (χ1v) is 5.82. The lowest BCUT2D eigenvalue weighted by Gasteiger charge is -2.10. The number of hydrogen-bond acceptors (Lipinski definition) is 3. The molecule has 18 heavy (non-hydrogen) atoms. The molecule has 0 fully saturated rings. The molecule has 0 aliphatic heterocycles. The number of para-hydroxylation sites is 1. The maximum atomic E-state index is 11.4. The molecule has 0 aliphatic rings. The molecular weight excluding hydrogens is 234 g/mol. The van der Waals surface area contributed by atoms with Crippen molar-refractivity contribution >= 4 is 11.9 Å². The van der Waals surface area contributed by atoms with Crippen molar-refractivity contribution in [1.82, 2.24) is 5.32 Å². The highest BCUT2D eigenvalue weighted by Crippen LogP contribution is 2.17. The van der Waals surface area contributed by atoms with Crippen LogP contribution < -0.4 is 10.1 Å². The number of carbonyl (C=O) groups excluding carboxylic acids is 1. The third-order valence-corrected chi connectivity index (χ3v) is 2.37. The van der Waals surface area contributed by atoms with Crippen LogP contribution in [0, 0.1) is 0 Å². The lowest BCUT2D eigenvalue weighted by molar-refractivity contribution is -0.137. The molecule has 5 nitrogen and oxygen atoms in total. The van der Waals surface area contributed by atoms with Crippen LogP contribution in [0.3, 0.4) is 0 Å². The van der Waals surface area contributed by atoms with E-state index in [-0.39, 0.29) is 25.5 Å². The number of carbonyl (C=O) groups is 2. The Morgan fingerprint density at radius 1 is 1.33 bits per heavy atom. The minimum absolute atomic E-state index is 0.0860. The smallest absolute Gasteiger partial charge is 0.305 e. The van der Waals surface area contributed by atoms with Gasteiger partial charge in [0.05, 0.1) is 6.42 Å². The maximum Gasteiger partial charge on any atom is 0.305 e. The number of nitrogens with one attached hydrogen (secondary N) is 1. The summed E-state index contributed by atoms with van der Waals surface area (Å²) >= 11 is 0. The number of ether oxygens (including phenoxy) is 1. The van der Waals surface area contributed by atoms with Crippen molar-refractivity contribution in [2.24, 2.45) is 0 Å².